The maximum Gasteiger partial charge on any atom is 0.262 e. The zero-order valence-corrected chi connectivity index (χ0v) is 13.0. The Kier molecular flexibility index (Phi) is 3.47. The van der Waals surface area contributed by atoms with Crippen molar-refractivity contribution in [2.24, 2.45) is 0 Å². The summed E-state index contributed by atoms with van der Waals surface area (Å²) in [6.45, 7) is 0. The van der Waals surface area contributed by atoms with Gasteiger partial charge in [-0.3, -0.25) is 14.5 Å². The number of Topliss-reactive ketones (excluding diaryl/α,β-unsaturated/α-hetero) is 1. The Balaban J connectivity index is 1.91. The summed E-state index contributed by atoms with van der Waals surface area (Å²) in [7, 11) is 0. The number of rotatable bonds is 1. The lowest BCUT2D eigenvalue weighted by Crippen LogP contribution is -2.27. The molecule has 0 aromatic heterocycles. The molecule has 1 aliphatic heterocycles. The van der Waals surface area contributed by atoms with Gasteiger partial charge in [-0.15, -0.1) is 0 Å². The quantitative estimate of drug-likeness (QED) is 0.796. The molecule has 24 heavy (non-hydrogen) atoms. The molecular weight excluding hydrogens is 298 g/mol. The first-order chi connectivity index (χ1) is 11.8. The third-order valence-corrected chi connectivity index (χ3v) is 4.25. The summed E-state index contributed by atoms with van der Waals surface area (Å²) in [5.41, 5.74) is 3.66. The van der Waals surface area contributed by atoms with Gasteiger partial charge in [-0.25, -0.2) is 0 Å². The summed E-state index contributed by atoms with van der Waals surface area (Å²) >= 11 is 0. The number of nitrogens with zero attached hydrogens (tertiary/aromatic N) is 1. The van der Waals surface area contributed by atoms with E-state index in [0.29, 0.717) is 23.3 Å². The van der Waals surface area contributed by atoms with E-state index in [1.54, 1.807) is 23.2 Å². The van der Waals surface area contributed by atoms with Crippen LogP contribution < -0.4 is 0 Å². The van der Waals surface area contributed by atoms with E-state index in [1.165, 1.54) is 0 Å². The van der Waals surface area contributed by atoms with Gasteiger partial charge in [0.1, 0.15) is 0 Å². The number of allylic oxidation sites excluding steroid dienone is 3. The minimum Gasteiger partial charge on any atom is -0.294 e. The van der Waals surface area contributed by atoms with Crippen LogP contribution in [0.5, 0.6) is 0 Å². The van der Waals surface area contributed by atoms with Crippen molar-refractivity contribution >= 4 is 23.3 Å². The lowest BCUT2D eigenvalue weighted by atomic mass is 9.91. The smallest absolute Gasteiger partial charge is 0.262 e. The van der Waals surface area contributed by atoms with Gasteiger partial charge >= 0.3 is 0 Å². The molecule has 0 N–H and O–H groups in total. The molecule has 3 nitrogen and oxygen atoms in total. The fourth-order valence-electron chi connectivity index (χ4n) is 3.10. The van der Waals surface area contributed by atoms with Crippen LogP contribution in [0.25, 0.3) is 11.6 Å². The fourth-order valence-corrected chi connectivity index (χ4v) is 3.10. The van der Waals surface area contributed by atoms with Crippen molar-refractivity contribution in [1.29, 1.82) is 0 Å². The standard InChI is InChI=1S/C21H15NO2/c23-19-12-6-11-18-20(19)17-10-5-4-7-15(17)13-14-22(18)21(24)16-8-2-1-3-9-16/h1-11,13-14H,12H2. The number of amides is 1. The number of ketones is 1. The highest BCUT2D eigenvalue weighted by Crippen LogP contribution is 2.34. The molecule has 0 saturated heterocycles. The third kappa shape index (κ3) is 2.31. The molecule has 0 unspecified atom stereocenters. The first-order valence-corrected chi connectivity index (χ1v) is 7.86. The maximum atomic E-state index is 13.0. The molecule has 0 bridgehead atoms. The zero-order valence-electron chi connectivity index (χ0n) is 13.0. The Bertz CT molecular complexity index is 920. The van der Waals surface area contributed by atoms with E-state index in [4.69, 9.17) is 0 Å². The largest absolute Gasteiger partial charge is 0.294 e. The van der Waals surface area contributed by atoms with Crippen molar-refractivity contribution in [3.63, 3.8) is 0 Å². The van der Waals surface area contributed by atoms with Gasteiger partial charge in [0, 0.05) is 23.8 Å². The Morgan fingerprint density at radius 3 is 2.50 bits per heavy atom. The monoisotopic (exact) mass is 313 g/mol. The van der Waals surface area contributed by atoms with E-state index in [0.717, 1.165) is 11.1 Å². The summed E-state index contributed by atoms with van der Waals surface area (Å²) < 4.78 is 0. The van der Waals surface area contributed by atoms with Crippen LogP contribution in [0, 0.1) is 0 Å². The number of carbonyl (C=O) groups excluding carboxylic acids is 2. The number of benzene rings is 2. The molecule has 0 fully saturated rings. The van der Waals surface area contributed by atoms with Gasteiger partial charge in [0.15, 0.2) is 5.78 Å². The average molecular weight is 313 g/mol. The molecule has 4 rings (SSSR count). The van der Waals surface area contributed by atoms with Crippen LogP contribution >= 0.6 is 0 Å². The Hall–Kier alpha value is -3.20. The van der Waals surface area contributed by atoms with Gasteiger partial charge in [-0.05, 0) is 35.4 Å². The lowest BCUT2D eigenvalue weighted by Gasteiger charge is -2.23. The van der Waals surface area contributed by atoms with E-state index in [9.17, 15) is 9.59 Å². The summed E-state index contributed by atoms with van der Waals surface area (Å²) in [6.07, 6.45) is 7.67. The predicted octanol–water partition coefficient (Wildman–Crippen LogP) is 4.05. The van der Waals surface area contributed by atoms with Gasteiger partial charge < -0.3 is 0 Å². The second kappa shape index (κ2) is 5.78. The van der Waals surface area contributed by atoms with Gasteiger partial charge in [-0.1, -0.05) is 48.5 Å². The first-order valence-electron chi connectivity index (χ1n) is 7.86. The fraction of sp³-hybridized carbons (Fsp3) is 0.0476. The van der Waals surface area contributed by atoms with E-state index < -0.39 is 0 Å². The van der Waals surface area contributed by atoms with Crippen LogP contribution in [-0.4, -0.2) is 16.6 Å². The van der Waals surface area contributed by atoms with Crippen molar-refractivity contribution in [2.45, 2.75) is 6.42 Å². The molecule has 0 saturated carbocycles. The topological polar surface area (TPSA) is 37.4 Å². The summed E-state index contributed by atoms with van der Waals surface area (Å²) in [6, 6.07) is 16.8. The maximum absolute atomic E-state index is 13.0. The first kappa shape index (κ1) is 14.4. The molecule has 0 radical (unpaired) electrons. The van der Waals surface area contributed by atoms with Crippen LogP contribution in [0.2, 0.25) is 0 Å². The summed E-state index contributed by atoms with van der Waals surface area (Å²) in [5, 5.41) is 0. The lowest BCUT2D eigenvalue weighted by molar-refractivity contribution is -0.113. The average Bonchev–Trinajstić information content (AvgIpc) is 2.80. The van der Waals surface area contributed by atoms with Gasteiger partial charge in [0.05, 0.1) is 5.70 Å². The second-order valence-corrected chi connectivity index (χ2v) is 5.73. The Morgan fingerprint density at radius 1 is 0.917 bits per heavy atom. The summed E-state index contributed by atoms with van der Waals surface area (Å²) in [5.74, 6) is -0.110. The predicted molar refractivity (Wildman–Crippen MR) is 93.8 cm³/mol. The molecule has 2 aromatic rings. The highest BCUT2D eigenvalue weighted by atomic mass is 16.2. The minimum atomic E-state index is -0.147. The van der Waals surface area contributed by atoms with E-state index >= 15 is 0 Å². The van der Waals surface area contributed by atoms with Crippen LogP contribution in [0.3, 0.4) is 0 Å². The highest BCUT2D eigenvalue weighted by molar-refractivity contribution is 6.25. The van der Waals surface area contributed by atoms with Crippen molar-refractivity contribution in [3.05, 3.63) is 95.3 Å². The SMILES string of the molecule is O=C1CC=CC2=C1c1ccccc1C=CN2C(=O)c1ccccc1. The molecule has 0 atom stereocenters. The van der Waals surface area contributed by atoms with Crippen LogP contribution in [0.15, 0.2) is 78.6 Å². The highest BCUT2D eigenvalue weighted by Gasteiger charge is 2.28. The number of hydrogen-bond donors (Lipinski definition) is 0. The van der Waals surface area contributed by atoms with Gasteiger partial charge in [-0.2, -0.15) is 0 Å². The number of carbonyl (C=O) groups is 2. The number of hydrogen-bond acceptors (Lipinski definition) is 2. The van der Waals surface area contributed by atoms with Crippen molar-refractivity contribution < 1.29 is 9.59 Å². The third-order valence-electron chi connectivity index (χ3n) is 4.25. The molecule has 3 heteroatoms. The molecule has 116 valence electrons. The van der Waals surface area contributed by atoms with Crippen LogP contribution in [-0.2, 0) is 4.79 Å². The van der Waals surface area contributed by atoms with Gasteiger partial charge in [0.2, 0.25) is 0 Å². The van der Waals surface area contributed by atoms with E-state index in [1.807, 2.05) is 60.7 Å². The van der Waals surface area contributed by atoms with Crippen LogP contribution in [0.1, 0.15) is 27.9 Å². The zero-order chi connectivity index (χ0) is 16.5. The van der Waals surface area contributed by atoms with Crippen molar-refractivity contribution in [2.75, 3.05) is 0 Å². The van der Waals surface area contributed by atoms with Gasteiger partial charge in [0.25, 0.3) is 5.91 Å². The van der Waals surface area contributed by atoms with Crippen molar-refractivity contribution in [3.8, 4) is 0 Å². The van der Waals surface area contributed by atoms with E-state index in [2.05, 4.69) is 0 Å². The molecule has 2 aromatic carbocycles. The van der Waals surface area contributed by atoms with Crippen LogP contribution in [0.4, 0.5) is 0 Å². The summed E-state index contributed by atoms with van der Waals surface area (Å²) in [4.78, 5) is 27.1. The second-order valence-electron chi connectivity index (χ2n) is 5.73. The Morgan fingerprint density at radius 2 is 1.67 bits per heavy atom. The normalized spacial score (nSPS) is 15.8. The Labute approximate surface area is 140 Å². The molecule has 2 aliphatic rings. The molecule has 0 spiro atoms. The van der Waals surface area contributed by atoms with Crippen molar-refractivity contribution in [1.82, 2.24) is 4.90 Å². The molecule has 1 amide bonds. The number of fused-ring (bicyclic) bond motifs is 2. The molecular formula is C21H15NO2. The minimum absolute atomic E-state index is 0.0366. The van der Waals surface area contributed by atoms with E-state index in [-0.39, 0.29) is 11.7 Å². The molecule has 1 aliphatic carbocycles. The molecule has 1 heterocycles.